The van der Waals surface area contributed by atoms with Gasteiger partial charge in [-0.15, -0.1) is 5.73 Å². The highest BCUT2D eigenvalue weighted by Crippen LogP contribution is 2.08. The van der Waals surface area contributed by atoms with Gasteiger partial charge >= 0.3 is 0 Å². The molecule has 0 saturated heterocycles. The zero-order valence-electron chi connectivity index (χ0n) is 6.59. The number of aryl methyl sites for hydroxylation is 1. The molecule has 0 unspecified atom stereocenters. The molecule has 1 N–H and O–H groups in total. The first-order valence-corrected chi connectivity index (χ1v) is 3.50. The zero-order chi connectivity index (χ0) is 8.10. The fourth-order valence-corrected chi connectivity index (χ4v) is 0.869. The molecule has 0 aliphatic rings. The van der Waals surface area contributed by atoms with Crippen molar-refractivity contribution in [3.05, 3.63) is 48.3 Å². The van der Waals surface area contributed by atoms with E-state index in [1.165, 1.54) is 5.56 Å². The lowest BCUT2D eigenvalue weighted by Crippen LogP contribution is -1.85. The number of anilines is 1. The Hall–Kier alpha value is -1.46. The van der Waals surface area contributed by atoms with E-state index in [9.17, 15) is 0 Å². The summed E-state index contributed by atoms with van der Waals surface area (Å²) in [6, 6.07) is 8.13. The molecule has 0 spiro atoms. The van der Waals surface area contributed by atoms with Crippen LogP contribution in [-0.2, 0) is 0 Å². The van der Waals surface area contributed by atoms with Gasteiger partial charge < -0.3 is 5.32 Å². The van der Waals surface area contributed by atoms with Crippen LogP contribution in [0.25, 0.3) is 0 Å². The quantitative estimate of drug-likeness (QED) is 0.631. The summed E-state index contributed by atoms with van der Waals surface area (Å²) in [6.45, 7) is 5.51. The highest BCUT2D eigenvalue weighted by atomic mass is 14.8. The van der Waals surface area contributed by atoms with Crippen LogP contribution >= 0.6 is 0 Å². The predicted octanol–water partition coefficient (Wildman–Crippen LogP) is 2.71. The van der Waals surface area contributed by atoms with Crippen molar-refractivity contribution >= 4 is 5.69 Å². The fourth-order valence-electron chi connectivity index (χ4n) is 0.869. The van der Waals surface area contributed by atoms with Crippen molar-refractivity contribution < 1.29 is 0 Å². The molecule has 1 aromatic carbocycles. The SMILES string of the molecule is C=C=CNc1cccc(C)c1. The average molecular weight is 145 g/mol. The summed E-state index contributed by atoms with van der Waals surface area (Å²) < 4.78 is 0. The monoisotopic (exact) mass is 145 g/mol. The number of rotatable bonds is 2. The largest absolute Gasteiger partial charge is 0.355 e. The standard InChI is InChI=1S/C10H11N/c1-3-7-11-10-6-4-5-9(2)8-10/h4-8,11H,1H2,2H3. The van der Waals surface area contributed by atoms with E-state index < -0.39 is 0 Å². The minimum Gasteiger partial charge on any atom is -0.355 e. The Morgan fingerprint density at radius 2 is 2.36 bits per heavy atom. The van der Waals surface area contributed by atoms with E-state index in [1.54, 1.807) is 6.20 Å². The molecule has 0 heterocycles. The lowest BCUT2D eigenvalue weighted by atomic mass is 10.2. The summed E-state index contributed by atoms with van der Waals surface area (Å²) in [7, 11) is 0. The van der Waals surface area contributed by atoms with E-state index in [1.807, 2.05) is 12.1 Å². The number of hydrogen-bond donors (Lipinski definition) is 1. The first kappa shape index (κ1) is 7.64. The van der Waals surface area contributed by atoms with Crippen molar-refractivity contribution in [3.63, 3.8) is 0 Å². The maximum Gasteiger partial charge on any atom is 0.0435 e. The molecule has 1 heteroatoms. The van der Waals surface area contributed by atoms with E-state index in [0.29, 0.717) is 0 Å². The molecular formula is C10H11N. The van der Waals surface area contributed by atoms with Crippen molar-refractivity contribution in [1.82, 2.24) is 0 Å². The molecule has 0 amide bonds. The van der Waals surface area contributed by atoms with Crippen molar-refractivity contribution in [2.45, 2.75) is 6.92 Å². The van der Waals surface area contributed by atoms with E-state index in [-0.39, 0.29) is 0 Å². The Balaban J connectivity index is 2.79. The average Bonchev–Trinajstić information content (AvgIpc) is 2.01. The second-order valence-electron chi connectivity index (χ2n) is 2.36. The Morgan fingerprint density at radius 3 is 3.00 bits per heavy atom. The van der Waals surface area contributed by atoms with Crippen LogP contribution in [0.1, 0.15) is 5.56 Å². The molecular weight excluding hydrogens is 134 g/mol. The number of nitrogens with one attached hydrogen (secondary N) is 1. The summed E-state index contributed by atoms with van der Waals surface area (Å²) in [5, 5.41) is 3.04. The predicted molar refractivity (Wildman–Crippen MR) is 48.5 cm³/mol. The van der Waals surface area contributed by atoms with Gasteiger partial charge in [0.2, 0.25) is 0 Å². The van der Waals surface area contributed by atoms with E-state index >= 15 is 0 Å². The van der Waals surface area contributed by atoms with Gasteiger partial charge in [0.15, 0.2) is 0 Å². The summed E-state index contributed by atoms with van der Waals surface area (Å²) in [5.41, 5.74) is 4.96. The van der Waals surface area contributed by atoms with Crippen LogP contribution in [0.4, 0.5) is 5.69 Å². The molecule has 0 bridgehead atoms. The number of hydrogen-bond acceptors (Lipinski definition) is 1. The Morgan fingerprint density at radius 1 is 1.55 bits per heavy atom. The third-order valence-electron chi connectivity index (χ3n) is 1.36. The third kappa shape index (κ3) is 2.32. The second-order valence-corrected chi connectivity index (χ2v) is 2.36. The third-order valence-corrected chi connectivity index (χ3v) is 1.36. The molecule has 0 aromatic heterocycles. The van der Waals surface area contributed by atoms with Gasteiger partial charge in [0.05, 0.1) is 0 Å². The smallest absolute Gasteiger partial charge is 0.0435 e. The van der Waals surface area contributed by atoms with Crippen molar-refractivity contribution in [3.8, 4) is 0 Å². The summed E-state index contributed by atoms with van der Waals surface area (Å²) in [6.07, 6.45) is 1.69. The highest BCUT2D eigenvalue weighted by molar-refractivity contribution is 5.47. The van der Waals surface area contributed by atoms with Crippen molar-refractivity contribution in [2.24, 2.45) is 0 Å². The van der Waals surface area contributed by atoms with Crippen molar-refractivity contribution in [2.75, 3.05) is 5.32 Å². The van der Waals surface area contributed by atoms with Gasteiger partial charge in [0, 0.05) is 11.9 Å². The Kier molecular flexibility index (Phi) is 2.53. The molecule has 0 fully saturated rings. The lowest BCUT2D eigenvalue weighted by molar-refractivity contribution is 1.45. The zero-order valence-corrected chi connectivity index (χ0v) is 6.59. The van der Waals surface area contributed by atoms with Gasteiger partial charge in [0.25, 0.3) is 0 Å². The van der Waals surface area contributed by atoms with Gasteiger partial charge in [0.1, 0.15) is 0 Å². The topological polar surface area (TPSA) is 12.0 Å². The maximum absolute atomic E-state index is 3.46. The van der Waals surface area contributed by atoms with Crippen LogP contribution < -0.4 is 5.32 Å². The summed E-state index contributed by atoms with van der Waals surface area (Å²) in [4.78, 5) is 0. The minimum absolute atomic E-state index is 1.07. The molecule has 1 nitrogen and oxygen atoms in total. The first-order valence-electron chi connectivity index (χ1n) is 3.50. The Labute approximate surface area is 67.1 Å². The molecule has 0 aliphatic heterocycles. The molecule has 1 aromatic rings. The molecule has 56 valence electrons. The van der Waals surface area contributed by atoms with Gasteiger partial charge in [-0.3, -0.25) is 0 Å². The van der Waals surface area contributed by atoms with Crippen LogP contribution in [0.2, 0.25) is 0 Å². The number of benzene rings is 1. The van der Waals surface area contributed by atoms with Crippen LogP contribution in [0.15, 0.2) is 42.8 Å². The highest BCUT2D eigenvalue weighted by Gasteiger charge is 1.86. The van der Waals surface area contributed by atoms with Gasteiger partial charge in [-0.2, -0.15) is 0 Å². The summed E-state index contributed by atoms with van der Waals surface area (Å²) >= 11 is 0. The molecule has 0 atom stereocenters. The Bertz CT molecular complexity index is 283. The molecule has 0 radical (unpaired) electrons. The second kappa shape index (κ2) is 3.65. The van der Waals surface area contributed by atoms with Crippen LogP contribution in [0.5, 0.6) is 0 Å². The van der Waals surface area contributed by atoms with Gasteiger partial charge in [-0.05, 0) is 24.6 Å². The summed E-state index contributed by atoms with van der Waals surface area (Å²) in [5.74, 6) is 0. The maximum atomic E-state index is 3.46. The van der Waals surface area contributed by atoms with E-state index in [0.717, 1.165) is 5.69 Å². The molecule has 11 heavy (non-hydrogen) atoms. The molecule has 0 aliphatic carbocycles. The van der Waals surface area contributed by atoms with Crippen LogP contribution in [0, 0.1) is 6.92 Å². The first-order chi connectivity index (χ1) is 5.33. The molecule has 1 rings (SSSR count). The van der Waals surface area contributed by atoms with Gasteiger partial charge in [-0.25, -0.2) is 0 Å². The van der Waals surface area contributed by atoms with Gasteiger partial charge in [-0.1, -0.05) is 18.7 Å². The fraction of sp³-hybridized carbons (Fsp3) is 0.100. The minimum atomic E-state index is 1.07. The normalized spacial score (nSPS) is 8.45. The lowest BCUT2D eigenvalue weighted by Gasteiger charge is -1.99. The van der Waals surface area contributed by atoms with E-state index in [2.05, 4.69) is 36.7 Å². The van der Waals surface area contributed by atoms with Crippen LogP contribution in [-0.4, -0.2) is 0 Å². The molecule has 0 saturated carbocycles. The van der Waals surface area contributed by atoms with E-state index in [4.69, 9.17) is 0 Å². The van der Waals surface area contributed by atoms with Crippen LogP contribution in [0.3, 0.4) is 0 Å². The van der Waals surface area contributed by atoms with Crippen molar-refractivity contribution in [1.29, 1.82) is 0 Å².